The predicted molar refractivity (Wildman–Crippen MR) is 99.7 cm³/mol. The number of hydrogen-bond donors (Lipinski definition) is 1. The highest BCUT2D eigenvalue weighted by atomic mass is 19.4. The smallest absolute Gasteiger partial charge is 0.369 e. The summed E-state index contributed by atoms with van der Waals surface area (Å²) in [4.78, 5) is 16.4. The van der Waals surface area contributed by atoms with Crippen molar-refractivity contribution in [3.63, 3.8) is 0 Å². The number of piperazine rings is 1. The number of nitrogens with one attached hydrogen (secondary N) is 1. The van der Waals surface area contributed by atoms with Crippen molar-refractivity contribution in [3.05, 3.63) is 29.8 Å². The molecule has 1 amide bonds. The third-order valence-electron chi connectivity index (χ3n) is 5.74. The van der Waals surface area contributed by atoms with E-state index in [1.165, 1.54) is 31.4 Å². The van der Waals surface area contributed by atoms with E-state index in [9.17, 15) is 18.0 Å². The van der Waals surface area contributed by atoms with E-state index >= 15 is 0 Å². The first-order valence-corrected chi connectivity index (χ1v) is 9.77. The fourth-order valence-corrected chi connectivity index (χ4v) is 4.03. The van der Waals surface area contributed by atoms with Gasteiger partial charge in [-0.1, -0.05) is 25.8 Å². The van der Waals surface area contributed by atoms with Gasteiger partial charge >= 0.3 is 6.18 Å². The Balaban J connectivity index is 1.48. The van der Waals surface area contributed by atoms with Gasteiger partial charge < -0.3 is 10.2 Å². The number of carbonyl (C=O) groups excluding carboxylic acids is 1. The monoisotopic (exact) mass is 383 g/mol. The van der Waals surface area contributed by atoms with Crippen LogP contribution in [0.15, 0.2) is 24.3 Å². The molecule has 0 unspecified atom stereocenters. The second-order valence-corrected chi connectivity index (χ2v) is 7.75. The van der Waals surface area contributed by atoms with Gasteiger partial charge in [-0.3, -0.25) is 9.69 Å². The number of amides is 1. The summed E-state index contributed by atoms with van der Waals surface area (Å²) in [6.45, 7) is 5.13. The second kappa shape index (κ2) is 8.50. The van der Waals surface area contributed by atoms with Gasteiger partial charge in [0, 0.05) is 37.9 Å². The lowest BCUT2D eigenvalue weighted by atomic mass is 9.86. The summed E-state index contributed by atoms with van der Waals surface area (Å²) in [7, 11) is 0. The van der Waals surface area contributed by atoms with Crippen LogP contribution in [0.3, 0.4) is 0 Å². The molecule has 1 aromatic carbocycles. The van der Waals surface area contributed by atoms with Crippen LogP contribution in [0.2, 0.25) is 0 Å². The summed E-state index contributed by atoms with van der Waals surface area (Å²) in [6.07, 6.45) is 0.305. The van der Waals surface area contributed by atoms with Crippen LogP contribution in [0, 0.1) is 5.92 Å². The van der Waals surface area contributed by atoms with Crippen molar-refractivity contribution in [2.45, 2.75) is 44.8 Å². The van der Waals surface area contributed by atoms with Gasteiger partial charge in [0.2, 0.25) is 5.91 Å². The Morgan fingerprint density at radius 3 is 2.52 bits per heavy atom. The van der Waals surface area contributed by atoms with E-state index in [0.29, 0.717) is 44.3 Å². The number of rotatable bonds is 4. The number of nitrogens with zero attached hydrogens (tertiary/aromatic N) is 2. The van der Waals surface area contributed by atoms with Crippen molar-refractivity contribution in [2.75, 3.05) is 37.6 Å². The van der Waals surface area contributed by atoms with Gasteiger partial charge in [0.15, 0.2) is 0 Å². The van der Waals surface area contributed by atoms with E-state index in [-0.39, 0.29) is 11.9 Å². The number of benzene rings is 1. The lowest BCUT2D eigenvalue weighted by Crippen LogP contribution is -2.51. The maximum absolute atomic E-state index is 12.9. The lowest BCUT2D eigenvalue weighted by Gasteiger charge is -2.36. The number of carbonyl (C=O) groups is 1. The Morgan fingerprint density at radius 1 is 1.15 bits per heavy atom. The third kappa shape index (κ3) is 5.37. The standard InChI is InChI=1S/C20H28F3N3O/c1-15-5-2-3-8-18(15)24-19(27)14-25-9-11-26(12-10-25)17-7-4-6-16(13-17)20(21,22)23/h4,6-7,13,15,18H,2-3,5,8-12,14H2,1H3,(H,24,27)/t15-,18-/m0/s1. The minimum Gasteiger partial charge on any atom is -0.369 e. The average Bonchev–Trinajstić information content (AvgIpc) is 2.64. The molecule has 3 rings (SSSR count). The molecular formula is C20H28F3N3O. The molecule has 2 atom stereocenters. The van der Waals surface area contributed by atoms with Crippen LogP contribution < -0.4 is 10.2 Å². The van der Waals surface area contributed by atoms with Crippen molar-refractivity contribution in [3.8, 4) is 0 Å². The highest BCUT2D eigenvalue weighted by molar-refractivity contribution is 5.78. The first-order valence-electron chi connectivity index (χ1n) is 9.77. The zero-order valence-electron chi connectivity index (χ0n) is 15.8. The Morgan fingerprint density at radius 2 is 1.85 bits per heavy atom. The molecule has 1 saturated heterocycles. The van der Waals surface area contributed by atoms with Crippen molar-refractivity contribution >= 4 is 11.6 Å². The predicted octanol–water partition coefficient (Wildman–Crippen LogP) is 3.52. The molecular weight excluding hydrogens is 355 g/mol. The minimum absolute atomic E-state index is 0.0567. The van der Waals surface area contributed by atoms with Crippen LogP contribution in [-0.2, 0) is 11.0 Å². The molecule has 150 valence electrons. The van der Waals surface area contributed by atoms with E-state index in [2.05, 4.69) is 17.1 Å². The Kier molecular flexibility index (Phi) is 6.29. The molecule has 1 saturated carbocycles. The van der Waals surface area contributed by atoms with E-state index < -0.39 is 11.7 Å². The maximum Gasteiger partial charge on any atom is 0.416 e. The SMILES string of the molecule is C[C@H]1CCCC[C@@H]1NC(=O)CN1CCN(c2cccc(C(F)(F)F)c2)CC1. The van der Waals surface area contributed by atoms with E-state index in [1.807, 2.05) is 4.90 Å². The third-order valence-corrected chi connectivity index (χ3v) is 5.74. The van der Waals surface area contributed by atoms with Crippen LogP contribution in [0.25, 0.3) is 0 Å². The first kappa shape index (κ1) is 20.0. The normalized spacial score (nSPS) is 24.7. The molecule has 2 aliphatic rings. The van der Waals surface area contributed by atoms with Gasteiger partial charge in [-0.15, -0.1) is 0 Å². The summed E-state index contributed by atoms with van der Waals surface area (Å²) < 4.78 is 38.7. The zero-order valence-corrected chi connectivity index (χ0v) is 15.8. The summed E-state index contributed by atoms with van der Waals surface area (Å²) in [6, 6.07) is 5.73. The highest BCUT2D eigenvalue weighted by Crippen LogP contribution is 2.31. The van der Waals surface area contributed by atoms with Crippen molar-refractivity contribution in [1.29, 1.82) is 0 Å². The molecule has 7 heteroatoms. The van der Waals surface area contributed by atoms with Crippen LogP contribution in [0.4, 0.5) is 18.9 Å². The van der Waals surface area contributed by atoms with Crippen LogP contribution in [0.1, 0.15) is 38.2 Å². The largest absolute Gasteiger partial charge is 0.416 e. The molecule has 1 aliphatic carbocycles. The fraction of sp³-hybridized carbons (Fsp3) is 0.650. The van der Waals surface area contributed by atoms with Crippen LogP contribution in [0.5, 0.6) is 0 Å². The topological polar surface area (TPSA) is 35.6 Å². The number of anilines is 1. The van der Waals surface area contributed by atoms with Crippen LogP contribution >= 0.6 is 0 Å². The molecule has 0 bridgehead atoms. The molecule has 1 aliphatic heterocycles. The fourth-order valence-electron chi connectivity index (χ4n) is 4.03. The molecule has 1 heterocycles. The summed E-state index contributed by atoms with van der Waals surface area (Å²) in [5, 5.41) is 3.16. The highest BCUT2D eigenvalue weighted by Gasteiger charge is 2.31. The van der Waals surface area contributed by atoms with Gasteiger partial charge in [-0.05, 0) is 37.0 Å². The number of alkyl halides is 3. The first-order chi connectivity index (χ1) is 12.8. The Hall–Kier alpha value is -1.76. The van der Waals surface area contributed by atoms with Gasteiger partial charge in [-0.2, -0.15) is 13.2 Å². The van der Waals surface area contributed by atoms with E-state index in [1.54, 1.807) is 6.07 Å². The van der Waals surface area contributed by atoms with Crippen LogP contribution in [-0.4, -0.2) is 49.6 Å². The molecule has 0 spiro atoms. The Bertz CT molecular complexity index is 642. The lowest BCUT2D eigenvalue weighted by molar-refractivity contribution is -0.137. The van der Waals surface area contributed by atoms with Gasteiger partial charge in [0.25, 0.3) is 0 Å². The van der Waals surface area contributed by atoms with Gasteiger partial charge in [0.05, 0.1) is 12.1 Å². The maximum atomic E-state index is 12.9. The second-order valence-electron chi connectivity index (χ2n) is 7.75. The summed E-state index contributed by atoms with van der Waals surface area (Å²) in [5.74, 6) is 0.585. The minimum atomic E-state index is -4.33. The van der Waals surface area contributed by atoms with Gasteiger partial charge in [0.1, 0.15) is 0 Å². The van der Waals surface area contributed by atoms with E-state index in [4.69, 9.17) is 0 Å². The van der Waals surface area contributed by atoms with E-state index in [0.717, 1.165) is 12.5 Å². The van der Waals surface area contributed by atoms with Crippen molar-refractivity contribution < 1.29 is 18.0 Å². The molecule has 0 radical (unpaired) electrons. The zero-order chi connectivity index (χ0) is 19.4. The molecule has 4 nitrogen and oxygen atoms in total. The quantitative estimate of drug-likeness (QED) is 0.864. The summed E-state index contributed by atoms with van der Waals surface area (Å²) >= 11 is 0. The average molecular weight is 383 g/mol. The van der Waals surface area contributed by atoms with Crippen molar-refractivity contribution in [1.82, 2.24) is 10.2 Å². The molecule has 1 aromatic rings. The molecule has 2 fully saturated rings. The number of hydrogen-bond acceptors (Lipinski definition) is 3. The van der Waals surface area contributed by atoms with Gasteiger partial charge in [-0.25, -0.2) is 0 Å². The van der Waals surface area contributed by atoms with Crippen molar-refractivity contribution in [2.24, 2.45) is 5.92 Å². The molecule has 27 heavy (non-hydrogen) atoms. The summed E-state index contributed by atoms with van der Waals surface area (Å²) in [5.41, 5.74) is -0.0339. The number of halogens is 3. The Labute approximate surface area is 158 Å². The molecule has 0 aromatic heterocycles. The molecule has 1 N–H and O–H groups in total.